The average molecular weight is 744 g/mol. The largest absolute Gasteiger partial charge is 0.490 e. The number of anilines is 5. The molecule has 0 aliphatic rings. The Morgan fingerprint density at radius 1 is 1.09 bits per heavy atom. The number of nitrogens with one attached hydrogen (secondary N) is 2. The van der Waals surface area contributed by atoms with Crippen LogP contribution in [-0.4, -0.2) is 89.9 Å². The number of nitrogens with zero attached hydrogens (tertiary/aromatic N) is 6. The summed E-state index contributed by atoms with van der Waals surface area (Å²) in [6.07, 6.45) is 1.39. The first-order chi connectivity index (χ1) is 22.1. The Morgan fingerprint density at radius 3 is 2.36 bits per heavy atom. The van der Waals surface area contributed by atoms with Crippen LogP contribution in [0.15, 0.2) is 41.3 Å². The summed E-state index contributed by atoms with van der Waals surface area (Å²) in [7, 11) is 2.55. The highest BCUT2D eigenvalue weighted by molar-refractivity contribution is 9.10. The fraction of sp³-hybridized carbons (Fsp3) is 0.379. The number of carbonyl (C=O) groups is 1. The van der Waals surface area contributed by atoms with Gasteiger partial charge in [-0.3, -0.25) is 9.97 Å². The highest BCUT2D eigenvalue weighted by atomic mass is 79.9. The minimum Gasteiger partial charge on any atom is -0.481 e. The molecule has 0 saturated heterocycles. The van der Waals surface area contributed by atoms with Gasteiger partial charge in [0.15, 0.2) is 5.82 Å². The van der Waals surface area contributed by atoms with E-state index in [1.165, 1.54) is 0 Å². The molecule has 0 radical (unpaired) electrons. The maximum Gasteiger partial charge on any atom is 0.490 e. The second-order valence-corrected chi connectivity index (χ2v) is 14.3. The van der Waals surface area contributed by atoms with Crippen LogP contribution < -0.4 is 25.6 Å². The normalized spacial score (nSPS) is 11.4. The number of fused-ring (bicyclic) bond motifs is 1. The number of hydrogen-bond acceptors (Lipinski definition) is 12. The van der Waals surface area contributed by atoms with E-state index in [4.69, 9.17) is 29.3 Å². The molecule has 3 N–H and O–H groups in total. The molecule has 0 amide bonds. The number of alkyl halides is 3. The minimum atomic E-state index is -5.08. The standard InChI is InChI=1S/C27H34BrN8O3P.C2HF3O2/c1-7-17-15-21(25(35-26(17)39-4)36(2)13-8-14-38-3)33-27-31-16-18(28)24(34-27)32-20-10-9-19-22(30-12-11-29-19)23(20)40(5,6)37;3-2(4,5)1(6)7/h9-12,15-16H,7-8,13-14H2,1-6H3,(H2,31,32,33,34);(H,6,7). The summed E-state index contributed by atoms with van der Waals surface area (Å²) in [4.78, 5) is 33.8. The fourth-order valence-corrected chi connectivity index (χ4v) is 6.01. The highest BCUT2D eigenvalue weighted by Gasteiger charge is 2.38. The number of halogens is 4. The van der Waals surface area contributed by atoms with E-state index in [1.54, 1.807) is 46.1 Å². The van der Waals surface area contributed by atoms with Crippen LogP contribution in [0.3, 0.4) is 0 Å². The van der Waals surface area contributed by atoms with E-state index < -0.39 is 19.3 Å². The smallest absolute Gasteiger partial charge is 0.481 e. The van der Waals surface area contributed by atoms with Crippen LogP contribution in [0.25, 0.3) is 11.0 Å². The van der Waals surface area contributed by atoms with Gasteiger partial charge in [0.05, 0.1) is 33.8 Å². The van der Waals surface area contributed by atoms with Crippen molar-refractivity contribution in [2.75, 3.05) is 63.3 Å². The van der Waals surface area contributed by atoms with Crippen LogP contribution >= 0.6 is 23.1 Å². The lowest BCUT2D eigenvalue weighted by Crippen LogP contribution is -2.22. The van der Waals surface area contributed by atoms with Crippen LogP contribution in [-0.2, 0) is 20.5 Å². The molecular weight excluding hydrogens is 708 g/mol. The third-order valence-corrected chi connectivity index (χ3v) is 8.57. The molecule has 0 unspecified atom stereocenters. The van der Waals surface area contributed by atoms with E-state index in [2.05, 4.69) is 48.4 Å². The number of benzene rings is 1. The molecule has 1 aromatic carbocycles. The number of methoxy groups -OCH3 is 2. The Morgan fingerprint density at radius 2 is 1.77 bits per heavy atom. The van der Waals surface area contributed by atoms with Crippen molar-refractivity contribution in [3.8, 4) is 5.88 Å². The van der Waals surface area contributed by atoms with Gasteiger partial charge in [-0.2, -0.15) is 23.1 Å². The Balaban J connectivity index is 0.000000771. The van der Waals surface area contributed by atoms with Crippen LogP contribution in [0.5, 0.6) is 5.88 Å². The van der Waals surface area contributed by atoms with E-state index in [0.717, 1.165) is 30.6 Å². The topological polar surface area (TPSA) is 165 Å². The Hall–Kier alpha value is -4.08. The molecule has 0 fully saturated rings. The average Bonchev–Trinajstić information content (AvgIpc) is 3.01. The van der Waals surface area contributed by atoms with E-state index in [-0.39, 0.29) is 0 Å². The number of aromatic nitrogens is 5. The molecule has 0 saturated carbocycles. The molecule has 3 aromatic heterocycles. The predicted molar refractivity (Wildman–Crippen MR) is 179 cm³/mol. The monoisotopic (exact) mass is 742 g/mol. The van der Waals surface area contributed by atoms with Gasteiger partial charge in [0.25, 0.3) is 0 Å². The highest BCUT2D eigenvalue weighted by Crippen LogP contribution is 2.41. The van der Waals surface area contributed by atoms with Crippen LogP contribution in [0.4, 0.5) is 42.1 Å². The second kappa shape index (κ2) is 16.2. The number of aryl methyl sites for hydroxylation is 1. The summed E-state index contributed by atoms with van der Waals surface area (Å²) in [6.45, 7) is 6.87. The van der Waals surface area contributed by atoms with Crippen molar-refractivity contribution in [3.05, 3.63) is 46.8 Å². The molecule has 4 rings (SSSR count). The first-order valence-electron chi connectivity index (χ1n) is 14.0. The number of carboxylic acids is 1. The van der Waals surface area contributed by atoms with E-state index in [9.17, 15) is 17.7 Å². The zero-order valence-electron chi connectivity index (χ0n) is 26.5. The van der Waals surface area contributed by atoms with Gasteiger partial charge in [-0.15, -0.1) is 0 Å². The summed E-state index contributed by atoms with van der Waals surface area (Å²) in [6, 6.07) is 5.71. The molecule has 47 heavy (non-hydrogen) atoms. The summed E-state index contributed by atoms with van der Waals surface area (Å²) in [5.41, 5.74) is 3.63. The van der Waals surface area contributed by atoms with Gasteiger partial charge in [-0.05, 0) is 60.3 Å². The van der Waals surface area contributed by atoms with E-state index >= 15 is 0 Å². The lowest BCUT2D eigenvalue weighted by molar-refractivity contribution is -0.192. The van der Waals surface area contributed by atoms with Gasteiger partial charge < -0.3 is 34.7 Å². The second-order valence-electron chi connectivity index (χ2n) is 10.3. The molecule has 0 spiro atoms. The van der Waals surface area contributed by atoms with Crippen molar-refractivity contribution >= 4 is 74.3 Å². The summed E-state index contributed by atoms with van der Waals surface area (Å²) in [5, 5.41) is 14.4. The number of aliphatic carboxylic acids is 1. The lowest BCUT2D eigenvalue weighted by atomic mass is 10.2. The van der Waals surface area contributed by atoms with Crippen LogP contribution in [0.2, 0.25) is 0 Å². The Labute approximate surface area is 277 Å². The van der Waals surface area contributed by atoms with Gasteiger partial charge in [-0.25, -0.2) is 9.78 Å². The minimum absolute atomic E-state index is 0.365. The number of carboxylic acid groups (broad SMARTS) is 1. The third kappa shape index (κ3) is 9.95. The van der Waals surface area contributed by atoms with Crippen molar-refractivity contribution in [2.24, 2.45) is 0 Å². The maximum absolute atomic E-state index is 13.3. The van der Waals surface area contributed by atoms with Crippen molar-refractivity contribution in [3.63, 3.8) is 0 Å². The predicted octanol–water partition coefficient (Wildman–Crippen LogP) is 5.99. The molecule has 0 bridgehead atoms. The van der Waals surface area contributed by atoms with Crippen LogP contribution in [0, 0.1) is 0 Å². The van der Waals surface area contributed by atoms with Crippen molar-refractivity contribution in [1.29, 1.82) is 0 Å². The number of rotatable bonds is 12. The van der Waals surface area contributed by atoms with Gasteiger partial charge >= 0.3 is 12.1 Å². The summed E-state index contributed by atoms with van der Waals surface area (Å²) >= 11 is 3.55. The van der Waals surface area contributed by atoms with Crippen molar-refractivity contribution in [2.45, 2.75) is 25.9 Å². The first kappa shape index (κ1) is 37.4. The SMILES string of the molecule is CCc1cc(Nc2ncc(Br)c(Nc3ccc4nccnc4c3P(C)(C)=O)n2)c(N(C)CCCOC)nc1OC.O=C(O)C(F)(F)F. The fourth-order valence-electron chi connectivity index (χ4n) is 4.32. The Bertz CT molecular complexity index is 1760. The van der Waals surface area contributed by atoms with Crippen molar-refractivity contribution in [1.82, 2.24) is 24.9 Å². The van der Waals surface area contributed by atoms with E-state index in [0.29, 0.717) is 56.6 Å². The molecule has 0 aliphatic heterocycles. The molecular formula is C29H35BrF3N8O5P. The third-order valence-electron chi connectivity index (χ3n) is 6.46. The molecule has 0 aliphatic carbocycles. The maximum atomic E-state index is 13.3. The Kier molecular flexibility index (Phi) is 12.8. The number of hydrogen-bond donors (Lipinski definition) is 3. The van der Waals surface area contributed by atoms with Gasteiger partial charge in [-0.1, -0.05) is 6.92 Å². The van der Waals surface area contributed by atoms with Gasteiger partial charge in [0.2, 0.25) is 11.8 Å². The van der Waals surface area contributed by atoms with Gasteiger partial charge in [0, 0.05) is 51.5 Å². The van der Waals surface area contributed by atoms with Crippen LogP contribution in [0.1, 0.15) is 18.9 Å². The van der Waals surface area contributed by atoms with Crippen molar-refractivity contribution < 1.29 is 37.1 Å². The summed E-state index contributed by atoms with van der Waals surface area (Å²) in [5.74, 6) is -0.601. The molecule has 254 valence electrons. The zero-order chi connectivity index (χ0) is 34.9. The quantitative estimate of drug-likeness (QED) is 0.115. The zero-order valence-corrected chi connectivity index (χ0v) is 29.0. The molecule has 4 aromatic rings. The molecule has 18 heteroatoms. The first-order valence-corrected chi connectivity index (χ1v) is 17.4. The summed E-state index contributed by atoms with van der Waals surface area (Å²) < 4.78 is 56.5. The number of pyridine rings is 1. The van der Waals surface area contributed by atoms with Gasteiger partial charge in [0.1, 0.15) is 18.5 Å². The molecule has 13 nitrogen and oxygen atoms in total. The molecule has 3 heterocycles. The molecule has 0 atom stereocenters. The number of ether oxygens (including phenoxy) is 2. The van der Waals surface area contributed by atoms with E-state index in [1.807, 2.05) is 30.1 Å². The lowest BCUT2D eigenvalue weighted by Gasteiger charge is -2.23.